The number of piperidine rings is 1. The van der Waals surface area contributed by atoms with Gasteiger partial charge in [-0.1, -0.05) is 29.8 Å². The first-order valence-corrected chi connectivity index (χ1v) is 8.34. The molecule has 1 amide bonds. The Balaban J connectivity index is 1.60. The number of pyridine rings is 1. The number of aromatic nitrogens is 1. The largest absolute Gasteiger partial charge is 0.380 e. The van der Waals surface area contributed by atoms with Crippen LogP contribution in [0.4, 0.5) is 5.69 Å². The van der Waals surface area contributed by atoms with Crippen LogP contribution in [0, 0.1) is 0 Å². The van der Waals surface area contributed by atoms with Crippen LogP contribution >= 0.6 is 11.6 Å². The molecule has 0 aliphatic carbocycles. The fraction of sp³-hybridized carbons (Fsp3) is 0.333. The van der Waals surface area contributed by atoms with Gasteiger partial charge >= 0.3 is 0 Å². The first kappa shape index (κ1) is 15.8. The highest BCUT2D eigenvalue weighted by atomic mass is 35.5. The molecule has 1 aromatic heterocycles. The Morgan fingerprint density at radius 2 is 1.91 bits per heavy atom. The molecule has 1 N–H and O–H groups in total. The standard InChI is InChI=1S/C18H20ClN3O/c19-16-7-3-2-6-14(16)12-20-15-8-9-17(21-13-15)18(23)22-10-4-1-5-11-22/h2-3,6-9,13,20H,1,4-5,10-12H2. The van der Waals surface area contributed by atoms with E-state index >= 15 is 0 Å². The number of halogens is 1. The number of anilines is 1. The van der Waals surface area contributed by atoms with Crippen LogP contribution in [0.2, 0.25) is 5.02 Å². The number of hydrogen-bond donors (Lipinski definition) is 1. The van der Waals surface area contributed by atoms with Gasteiger partial charge in [0.25, 0.3) is 5.91 Å². The number of carbonyl (C=O) groups excluding carboxylic acids is 1. The zero-order valence-corrected chi connectivity index (χ0v) is 13.7. The monoisotopic (exact) mass is 329 g/mol. The Bertz CT molecular complexity index is 666. The van der Waals surface area contributed by atoms with E-state index in [0.717, 1.165) is 42.2 Å². The quantitative estimate of drug-likeness (QED) is 0.923. The lowest BCUT2D eigenvalue weighted by molar-refractivity contribution is 0.0718. The maximum Gasteiger partial charge on any atom is 0.272 e. The number of benzene rings is 1. The van der Waals surface area contributed by atoms with Gasteiger partial charge in [-0.15, -0.1) is 0 Å². The lowest BCUT2D eigenvalue weighted by Crippen LogP contribution is -2.36. The third-order valence-electron chi connectivity index (χ3n) is 4.07. The van der Waals surface area contributed by atoms with Crippen molar-refractivity contribution in [2.75, 3.05) is 18.4 Å². The molecular formula is C18H20ClN3O. The normalized spacial score (nSPS) is 14.6. The minimum atomic E-state index is 0.0300. The summed E-state index contributed by atoms with van der Waals surface area (Å²) in [5.74, 6) is 0.0300. The topological polar surface area (TPSA) is 45.2 Å². The summed E-state index contributed by atoms with van der Waals surface area (Å²) < 4.78 is 0. The van der Waals surface area contributed by atoms with E-state index in [1.54, 1.807) is 12.3 Å². The molecule has 0 atom stereocenters. The second-order valence-corrected chi connectivity index (χ2v) is 6.14. The minimum absolute atomic E-state index is 0.0300. The van der Waals surface area contributed by atoms with E-state index in [4.69, 9.17) is 11.6 Å². The van der Waals surface area contributed by atoms with Gasteiger partial charge in [0.15, 0.2) is 0 Å². The van der Waals surface area contributed by atoms with E-state index in [1.807, 2.05) is 35.2 Å². The third-order valence-corrected chi connectivity index (χ3v) is 4.44. The summed E-state index contributed by atoms with van der Waals surface area (Å²) in [6.07, 6.45) is 5.09. The van der Waals surface area contributed by atoms with E-state index in [-0.39, 0.29) is 5.91 Å². The molecule has 0 unspecified atom stereocenters. The Labute approximate surface area is 141 Å². The molecule has 2 heterocycles. The number of likely N-dealkylation sites (tertiary alicyclic amines) is 1. The van der Waals surface area contributed by atoms with Gasteiger partial charge < -0.3 is 10.2 Å². The van der Waals surface area contributed by atoms with Crippen molar-refractivity contribution in [3.63, 3.8) is 0 Å². The Kier molecular flexibility index (Phi) is 5.13. The summed E-state index contributed by atoms with van der Waals surface area (Å²) in [6, 6.07) is 11.4. The lowest BCUT2D eigenvalue weighted by Gasteiger charge is -2.26. The van der Waals surface area contributed by atoms with Gasteiger partial charge in [-0.2, -0.15) is 0 Å². The van der Waals surface area contributed by atoms with Crippen LogP contribution in [0.5, 0.6) is 0 Å². The number of carbonyl (C=O) groups is 1. The average Bonchev–Trinajstić information content (AvgIpc) is 2.62. The van der Waals surface area contributed by atoms with Crippen LogP contribution in [-0.4, -0.2) is 28.9 Å². The molecule has 0 spiro atoms. The van der Waals surface area contributed by atoms with Gasteiger partial charge in [0.05, 0.1) is 11.9 Å². The molecule has 5 heteroatoms. The molecule has 2 aromatic rings. The van der Waals surface area contributed by atoms with Crippen LogP contribution in [-0.2, 0) is 6.54 Å². The zero-order valence-electron chi connectivity index (χ0n) is 13.0. The zero-order chi connectivity index (χ0) is 16.1. The molecule has 1 fully saturated rings. The second-order valence-electron chi connectivity index (χ2n) is 5.73. The van der Waals surface area contributed by atoms with Crippen LogP contribution in [0.15, 0.2) is 42.6 Å². The van der Waals surface area contributed by atoms with Crippen LogP contribution in [0.3, 0.4) is 0 Å². The van der Waals surface area contributed by atoms with E-state index < -0.39 is 0 Å². The predicted molar refractivity (Wildman–Crippen MR) is 92.8 cm³/mol. The molecule has 0 saturated carbocycles. The molecule has 120 valence electrons. The van der Waals surface area contributed by atoms with Crippen molar-refractivity contribution in [1.82, 2.24) is 9.88 Å². The second kappa shape index (κ2) is 7.47. The molecule has 0 bridgehead atoms. The highest BCUT2D eigenvalue weighted by molar-refractivity contribution is 6.31. The first-order chi connectivity index (χ1) is 11.2. The van der Waals surface area contributed by atoms with E-state index in [0.29, 0.717) is 12.2 Å². The smallest absolute Gasteiger partial charge is 0.272 e. The molecular weight excluding hydrogens is 310 g/mol. The van der Waals surface area contributed by atoms with Gasteiger partial charge in [-0.3, -0.25) is 4.79 Å². The minimum Gasteiger partial charge on any atom is -0.380 e. The fourth-order valence-corrected chi connectivity index (χ4v) is 2.93. The summed E-state index contributed by atoms with van der Waals surface area (Å²) >= 11 is 6.14. The van der Waals surface area contributed by atoms with Crippen molar-refractivity contribution in [1.29, 1.82) is 0 Å². The fourth-order valence-electron chi connectivity index (χ4n) is 2.72. The van der Waals surface area contributed by atoms with Crippen LogP contribution in [0.1, 0.15) is 35.3 Å². The summed E-state index contributed by atoms with van der Waals surface area (Å²) in [4.78, 5) is 18.6. The van der Waals surface area contributed by atoms with Gasteiger partial charge in [0, 0.05) is 24.7 Å². The van der Waals surface area contributed by atoms with Crippen molar-refractivity contribution in [2.24, 2.45) is 0 Å². The SMILES string of the molecule is O=C(c1ccc(NCc2ccccc2Cl)cn1)N1CCCCC1. The number of amides is 1. The van der Waals surface area contributed by atoms with Crippen molar-refractivity contribution in [3.05, 3.63) is 58.9 Å². The summed E-state index contributed by atoms with van der Waals surface area (Å²) in [5.41, 5.74) is 2.41. The first-order valence-electron chi connectivity index (χ1n) is 7.96. The van der Waals surface area contributed by atoms with E-state index in [9.17, 15) is 4.79 Å². The number of nitrogens with zero attached hydrogens (tertiary/aromatic N) is 2. The summed E-state index contributed by atoms with van der Waals surface area (Å²) in [7, 11) is 0. The molecule has 1 aliphatic rings. The van der Waals surface area contributed by atoms with Gasteiger partial charge in [0.1, 0.15) is 5.69 Å². The van der Waals surface area contributed by atoms with Crippen molar-refractivity contribution in [3.8, 4) is 0 Å². The molecule has 1 aliphatic heterocycles. The number of hydrogen-bond acceptors (Lipinski definition) is 3. The Morgan fingerprint density at radius 1 is 1.13 bits per heavy atom. The molecule has 23 heavy (non-hydrogen) atoms. The molecule has 1 aromatic carbocycles. The molecule has 0 radical (unpaired) electrons. The maximum absolute atomic E-state index is 12.4. The molecule has 3 rings (SSSR count). The van der Waals surface area contributed by atoms with Crippen LogP contribution in [0.25, 0.3) is 0 Å². The number of rotatable bonds is 4. The van der Waals surface area contributed by atoms with Crippen molar-refractivity contribution in [2.45, 2.75) is 25.8 Å². The van der Waals surface area contributed by atoms with Gasteiger partial charge in [-0.25, -0.2) is 4.98 Å². The van der Waals surface area contributed by atoms with E-state index in [1.165, 1.54) is 6.42 Å². The number of nitrogens with one attached hydrogen (secondary N) is 1. The maximum atomic E-state index is 12.4. The lowest BCUT2D eigenvalue weighted by atomic mass is 10.1. The Morgan fingerprint density at radius 3 is 2.61 bits per heavy atom. The van der Waals surface area contributed by atoms with Crippen LogP contribution < -0.4 is 5.32 Å². The molecule has 4 nitrogen and oxygen atoms in total. The highest BCUT2D eigenvalue weighted by Crippen LogP contribution is 2.17. The summed E-state index contributed by atoms with van der Waals surface area (Å²) in [5, 5.41) is 4.02. The predicted octanol–water partition coefficient (Wildman–Crippen LogP) is 3.97. The average molecular weight is 330 g/mol. The van der Waals surface area contributed by atoms with Gasteiger partial charge in [-0.05, 0) is 43.0 Å². The van der Waals surface area contributed by atoms with E-state index in [2.05, 4.69) is 10.3 Å². The third kappa shape index (κ3) is 4.02. The molecule has 1 saturated heterocycles. The van der Waals surface area contributed by atoms with Crippen molar-refractivity contribution >= 4 is 23.2 Å². The van der Waals surface area contributed by atoms with Crippen molar-refractivity contribution < 1.29 is 4.79 Å². The Hall–Kier alpha value is -2.07. The summed E-state index contributed by atoms with van der Waals surface area (Å²) in [6.45, 7) is 2.31. The highest BCUT2D eigenvalue weighted by Gasteiger charge is 2.18. The van der Waals surface area contributed by atoms with Gasteiger partial charge in [0.2, 0.25) is 0 Å².